The van der Waals surface area contributed by atoms with Crippen LogP contribution in [-0.4, -0.2) is 23.4 Å². The summed E-state index contributed by atoms with van der Waals surface area (Å²) in [4.78, 5) is 0. The predicted octanol–water partition coefficient (Wildman–Crippen LogP) is 4.03. The van der Waals surface area contributed by atoms with Crippen LogP contribution in [0.25, 0.3) is 0 Å². The van der Waals surface area contributed by atoms with Gasteiger partial charge in [-0.1, -0.05) is 25.0 Å². The van der Waals surface area contributed by atoms with Crippen molar-refractivity contribution in [2.75, 3.05) is 0 Å². The number of aromatic hydroxyl groups is 1. The molecule has 21 heavy (non-hydrogen) atoms. The maximum absolute atomic E-state index is 13.0. The van der Waals surface area contributed by atoms with E-state index in [4.69, 9.17) is 0 Å². The van der Waals surface area contributed by atoms with Crippen LogP contribution in [0.4, 0.5) is 13.2 Å². The number of halogens is 3. The number of benzene rings is 1. The first-order valence-corrected chi connectivity index (χ1v) is 7.47. The summed E-state index contributed by atoms with van der Waals surface area (Å²) in [5.41, 5.74) is 1.01. The lowest BCUT2D eigenvalue weighted by atomic mass is 9.83. The SMILES string of the molecule is CC(Cc1ccc(O)cc1)NC1CCCCC1C(F)(F)F. The van der Waals surface area contributed by atoms with E-state index in [1.807, 2.05) is 6.92 Å². The lowest BCUT2D eigenvalue weighted by molar-refractivity contribution is -0.189. The first-order valence-electron chi connectivity index (χ1n) is 7.47. The average molecular weight is 301 g/mol. The highest BCUT2D eigenvalue weighted by molar-refractivity contribution is 5.26. The Morgan fingerprint density at radius 1 is 1.19 bits per heavy atom. The molecule has 1 aromatic carbocycles. The summed E-state index contributed by atoms with van der Waals surface area (Å²) in [6, 6.07) is 6.29. The summed E-state index contributed by atoms with van der Waals surface area (Å²) in [7, 11) is 0. The van der Waals surface area contributed by atoms with E-state index >= 15 is 0 Å². The van der Waals surface area contributed by atoms with Crippen molar-refractivity contribution in [1.29, 1.82) is 0 Å². The van der Waals surface area contributed by atoms with Crippen LogP contribution < -0.4 is 5.32 Å². The van der Waals surface area contributed by atoms with E-state index in [2.05, 4.69) is 5.32 Å². The molecular weight excluding hydrogens is 279 g/mol. The molecule has 2 rings (SSSR count). The van der Waals surface area contributed by atoms with Gasteiger partial charge in [0, 0.05) is 12.1 Å². The summed E-state index contributed by atoms with van der Waals surface area (Å²) < 4.78 is 39.1. The first kappa shape index (κ1) is 16.1. The van der Waals surface area contributed by atoms with Gasteiger partial charge in [-0.25, -0.2) is 0 Å². The molecule has 0 aliphatic heterocycles. The van der Waals surface area contributed by atoms with Gasteiger partial charge >= 0.3 is 6.18 Å². The molecule has 1 saturated carbocycles. The average Bonchev–Trinajstić information content (AvgIpc) is 2.41. The highest BCUT2D eigenvalue weighted by Crippen LogP contribution is 2.37. The van der Waals surface area contributed by atoms with Crippen molar-refractivity contribution in [3.8, 4) is 5.75 Å². The number of nitrogens with one attached hydrogen (secondary N) is 1. The van der Waals surface area contributed by atoms with E-state index in [1.54, 1.807) is 24.3 Å². The van der Waals surface area contributed by atoms with Crippen molar-refractivity contribution in [1.82, 2.24) is 5.32 Å². The molecule has 0 heterocycles. The van der Waals surface area contributed by atoms with Gasteiger partial charge in [-0.15, -0.1) is 0 Å². The van der Waals surface area contributed by atoms with Gasteiger partial charge < -0.3 is 10.4 Å². The monoisotopic (exact) mass is 301 g/mol. The second kappa shape index (κ2) is 6.69. The fraction of sp³-hybridized carbons (Fsp3) is 0.625. The van der Waals surface area contributed by atoms with Gasteiger partial charge in [0.15, 0.2) is 0 Å². The van der Waals surface area contributed by atoms with Crippen LogP contribution in [0, 0.1) is 5.92 Å². The lowest BCUT2D eigenvalue weighted by Crippen LogP contribution is -2.49. The lowest BCUT2D eigenvalue weighted by Gasteiger charge is -2.35. The third-order valence-corrected chi connectivity index (χ3v) is 4.16. The zero-order chi connectivity index (χ0) is 15.5. The van der Waals surface area contributed by atoms with E-state index in [0.29, 0.717) is 19.3 Å². The zero-order valence-electron chi connectivity index (χ0n) is 12.2. The fourth-order valence-corrected chi connectivity index (χ4v) is 3.13. The molecule has 2 nitrogen and oxygen atoms in total. The Hall–Kier alpha value is -1.23. The van der Waals surface area contributed by atoms with Crippen molar-refractivity contribution < 1.29 is 18.3 Å². The van der Waals surface area contributed by atoms with Crippen molar-refractivity contribution in [3.05, 3.63) is 29.8 Å². The van der Waals surface area contributed by atoms with E-state index < -0.39 is 18.1 Å². The fourth-order valence-electron chi connectivity index (χ4n) is 3.13. The molecule has 118 valence electrons. The molecular formula is C16H22F3NO. The van der Waals surface area contributed by atoms with Crippen molar-refractivity contribution in [3.63, 3.8) is 0 Å². The van der Waals surface area contributed by atoms with Gasteiger partial charge in [0.25, 0.3) is 0 Å². The molecule has 0 saturated heterocycles. The Kier molecular flexibility index (Phi) is 5.14. The highest BCUT2D eigenvalue weighted by atomic mass is 19.4. The maximum atomic E-state index is 13.0. The van der Waals surface area contributed by atoms with E-state index in [-0.39, 0.29) is 18.2 Å². The topological polar surface area (TPSA) is 32.3 Å². The Morgan fingerprint density at radius 2 is 1.81 bits per heavy atom. The van der Waals surface area contributed by atoms with Gasteiger partial charge in [-0.2, -0.15) is 13.2 Å². The Labute approximate surface area is 123 Å². The molecule has 1 fully saturated rings. The van der Waals surface area contributed by atoms with Crippen LogP contribution in [0.3, 0.4) is 0 Å². The maximum Gasteiger partial charge on any atom is 0.393 e. The molecule has 1 aromatic rings. The highest BCUT2D eigenvalue weighted by Gasteiger charge is 2.45. The van der Waals surface area contributed by atoms with Crippen LogP contribution in [0.15, 0.2) is 24.3 Å². The van der Waals surface area contributed by atoms with Crippen molar-refractivity contribution >= 4 is 0 Å². The standard InChI is InChI=1S/C16H22F3NO/c1-11(10-12-6-8-13(21)9-7-12)20-15-5-3-2-4-14(15)16(17,18)19/h6-9,11,14-15,20-21H,2-5,10H2,1H3. The summed E-state index contributed by atoms with van der Waals surface area (Å²) in [5.74, 6) is -1.03. The van der Waals surface area contributed by atoms with Gasteiger partial charge in [0.1, 0.15) is 5.75 Å². The van der Waals surface area contributed by atoms with Gasteiger partial charge in [0.2, 0.25) is 0 Å². The Bertz CT molecular complexity index is 444. The number of hydrogen-bond donors (Lipinski definition) is 2. The summed E-state index contributed by atoms with van der Waals surface area (Å²) >= 11 is 0. The van der Waals surface area contributed by atoms with Crippen LogP contribution in [0.5, 0.6) is 5.75 Å². The molecule has 5 heteroatoms. The Morgan fingerprint density at radius 3 is 2.43 bits per heavy atom. The minimum atomic E-state index is -4.11. The predicted molar refractivity (Wildman–Crippen MR) is 76.2 cm³/mol. The molecule has 0 bridgehead atoms. The number of rotatable bonds is 4. The van der Waals surface area contributed by atoms with E-state index in [1.165, 1.54) is 0 Å². The minimum absolute atomic E-state index is 0.0255. The Balaban J connectivity index is 1.93. The van der Waals surface area contributed by atoms with Crippen molar-refractivity contribution in [2.24, 2.45) is 5.92 Å². The summed E-state index contributed by atoms with van der Waals surface area (Å²) in [6.45, 7) is 1.91. The second-order valence-electron chi connectivity index (χ2n) is 5.98. The molecule has 0 radical (unpaired) electrons. The quantitative estimate of drug-likeness (QED) is 0.880. The molecule has 2 N–H and O–H groups in total. The molecule has 0 spiro atoms. The smallest absolute Gasteiger partial charge is 0.393 e. The van der Waals surface area contributed by atoms with Gasteiger partial charge in [0.05, 0.1) is 5.92 Å². The third-order valence-electron chi connectivity index (χ3n) is 4.16. The largest absolute Gasteiger partial charge is 0.508 e. The number of phenolic OH excluding ortho intramolecular Hbond substituents is 1. The molecule has 1 aliphatic carbocycles. The normalized spacial score (nSPS) is 24.8. The minimum Gasteiger partial charge on any atom is -0.508 e. The molecule has 0 aromatic heterocycles. The number of alkyl halides is 3. The molecule has 1 aliphatic rings. The third kappa shape index (κ3) is 4.63. The molecule has 3 unspecified atom stereocenters. The van der Waals surface area contributed by atoms with E-state index in [9.17, 15) is 18.3 Å². The van der Waals surface area contributed by atoms with Crippen LogP contribution in [0.2, 0.25) is 0 Å². The van der Waals surface area contributed by atoms with Crippen LogP contribution in [0.1, 0.15) is 38.2 Å². The van der Waals surface area contributed by atoms with Gasteiger partial charge in [-0.3, -0.25) is 0 Å². The van der Waals surface area contributed by atoms with Crippen molar-refractivity contribution in [2.45, 2.75) is 57.3 Å². The number of hydrogen-bond acceptors (Lipinski definition) is 2. The molecule has 3 atom stereocenters. The van der Waals surface area contributed by atoms with Gasteiger partial charge in [-0.05, 0) is 43.9 Å². The second-order valence-corrected chi connectivity index (χ2v) is 5.98. The van der Waals surface area contributed by atoms with E-state index in [0.717, 1.165) is 12.0 Å². The van der Waals surface area contributed by atoms with Crippen LogP contribution >= 0.6 is 0 Å². The summed E-state index contributed by atoms with van der Waals surface area (Å²) in [6.07, 6.45) is -1.13. The van der Waals surface area contributed by atoms with Crippen LogP contribution in [-0.2, 0) is 6.42 Å². The molecule has 0 amide bonds. The zero-order valence-corrected chi connectivity index (χ0v) is 12.2. The first-order chi connectivity index (χ1) is 9.86. The summed E-state index contributed by atoms with van der Waals surface area (Å²) in [5, 5.41) is 12.4. The number of phenols is 1.